The number of carbonyl (C=O) groups excluding carboxylic acids is 1. The Balaban J connectivity index is 2.27. The van der Waals surface area contributed by atoms with Gasteiger partial charge in [0.25, 0.3) is 0 Å². The molecule has 0 aliphatic heterocycles. The van der Waals surface area contributed by atoms with E-state index in [-0.39, 0.29) is 5.97 Å². The summed E-state index contributed by atoms with van der Waals surface area (Å²) >= 11 is 0. The Morgan fingerprint density at radius 1 is 1.25 bits per heavy atom. The fourth-order valence-corrected chi connectivity index (χ4v) is 1.80. The minimum absolute atomic E-state index is 0.387. The largest absolute Gasteiger partial charge is 0.497 e. The van der Waals surface area contributed by atoms with E-state index in [2.05, 4.69) is 9.84 Å². The van der Waals surface area contributed by atoms with Crippen LogP contribution < -0.4 is 4.74 Å². The van der Waals surface area contributed by atoms with Crippen LogP contribution in [0.2, 0.25) is 0 Å². The minimum Gasteiger partial charge on any atom is -0.497 e. The third-order valence-corrected chi connectivity index (χ3v) is 2.96. The molecule has 0 bridgehead atoms. The van der Waals surface area contributed by atoms with Crippen LogP contribution >= 0.6 is 0 Å². The summed E-state index contributed by atoms with van der Waals surface area (Å²) in [5.41, 5.74) is 2.74. The molecule has 2 aromatic rings. The van der Waals surface area contributed by atoms with Crippen LogP contribution in [0, 0.1) is 6.92 Å². The molecular formula is C15H16N2O3. The molecular weight excluding hydrogens is 256 g/mol. The van der Waals surface area contributed by atoms with Gasteiger partial charge >= 0.3 is 5.97 Å². The van der Waals surface area contributed by atoms with E-state index in [0.29, 0.717) is 0 Å². The number of ether oxygens (including phenoxy) is 2. The maximum atomic E-state index is 11.1. The predicted molar refractivity (Wildman–Crippen MR) is 75.9 cm³/mol. The number of rotatable bonds is 4. The highest BCUT2D eigenvalue weighted by Gasteiger charge is 2.06. The Bertz CT molecular complexity index is 627. The molecule has 0 atom stereocenters. The van der Waals surface area contributed by atoms with Crippen LogP contribution in [0.5, 0.6) is 5.75 Å². The average Bonchev–Trinajstić information content (AvgIpc) is 2.86. The Morgan fingerprint density at radius 3 is 2.55 bits per heavy atom. The van der Waals surface area contributed by atoms with Gasteiger partial charge in [-0.15, -0.1) is 0 Å². The molecule has 0 unspecified atom stereocenters. The van der Waals surface area contributed by atoms with Crippen molar-refractivity contribution in [3.63, 3.8) is 0 Å². The van der Waals surface area contributed by atoms with Crippen LogP contribution in [0.1, 0.15) is 11.3 Å². The van der Waals surface area contributed by atoms with Gasteiger partial charge in [-0.3, -0.25) is 0 Å². The van der Waals surface area contributed by atoms with Gasteiger partial charge in [-0.25, -0.2) is 9.48 Å². The zero-order valence-electron chi connectivity index (χ0n) is 11.7. The summed E-state index contributed by atoms with van der Waals surface area (Å²) in [5, 5.41) is 4.32. The Labute approximate surface area is 117 Å². The van der Waals surface area contributed by atoms with Gasteiger partial charge in [0.2, 0.25) is 0 Å². The van der Waals surface area contributed by atoms with E-state index < -0.39 is 0 Å². The maximum Gasteiger partial charge on any atom is 0.330 e. The van der Waals surface area contributed by atoms with Gasteiger partial charge in [0.1, 0.15) is 5.75 Å². The number of esters is 1. The quantitative estimate of drug-likeness (QED) is 0.633. The molecule has 5 heteroatoms. The predicted octanol–water partition coefficient (Wildman–Crippen LogP) is 2.38. The SMILES string of the molecule is COC(=O)/C=C/c1cnn(-c2ccc(OC)cc2)c1C. The molecule has 0 saturated carbocycles. The first-order valence-electron chi connectivity index (χ1n) is 6.11. The third kappa shape index (κ3) is 2.88. The summed E-state index contributed by atoms with van der Waals surface area (Å²) in [6.45, 7) is 1.94. The molecule has 0 spiro atoms. The molecule has 1 aromatic carbocycles. The summed E-state index contributed by atoms with van der Waals surface area (Å²) in [6.07, 6.45) is 4.77. The van der Waals surface area contributed by atoms with Crippen LogP contribution in [-0.4, -0.2) is 30.0 Å². The van der Waals surface area contributed by atoms with Gasteiger partial charge in [-0.1, -0.05) is 0 Å². The Kier molecular flexibility index (Phi) is 4.20. The molecule has 0 radical (unpaired) electrons. The molecule has 1 aromatic heterocycles. The van der Waals surface area contributed by atoms with Crippen molar-refractivity contribution in [1.82, 2.24) is 9.78 Å². The van der Waals surface area contributed by atoms with Gasteiger partial charge in [-0.05, 0) is 37.3 Å². The zero-order valence-corrected chi connectivity index (χ0v) is 11.7. The fourth-order valence-electron chi connectivity index (χ4n) is 1.80. The van der Waals surface area contributed by atoms with E-state index in [1.54, 1.807) is 24.1 Å². The first-order chi connectivity index (χ1) is 9.65. The van der Waals surface area contributed by atoms with Crippen LogP contribution in [0.25, 0.3) is 11.8 Å². The molecule has 0 amide bonds. The van der Waals surface area contributed by atoms with E-state index in [1.807, 2.05) is 31.2 Å². The molecule has 5 nitrogen and oxygen atoms in total. The standard InChI is InChI=1S/C15H16N2O3/c1-11-12(4-9-15(18)20-3)10-16-17(11)13-5-7-14(19-2)8-6-13/h4-10H,1-3H3/b9-4+. The highest BCUT2D eigenvalue weighted by molar-refractivity contribution is 5.87. The van der Waals surface area contributed by atoms with Gasteiger partial charge in [0, 0.05) is 17.3 Å². The first kappa shape index (κ1) is 13.9. The van der Waals surface area contributed by atoms with Gasteiger partial charge in [-0.2, -0.15) is 5.10 Å². The summed E-state index contributed by atoms with van der Waals surface area (Å²) in [4.78, 5) is 11.1. The van der Waals surface area contributed by atoms with Crippen molar-refractivity contribution < 1.29 is 14.3 Å². The first-order valence-corrected chi connectivity index (χ1v) is 6.11. The molecule has 0 saturated heterocycles. The van der Waals surface area contributed by atoms with Crippen molar-refractivity contribution in [2.24, 2.45) is 0 Å². The summed E-state index contributed by atoms with van der Waals surface area (Å²) in [7, 11) is 2.98. The summed E-state index contributed by atoms with van der Waals surface area (Å²) in [6, 6.07) is 7.60. The van der Waals surface area contributed by atoms with Crippen LogP contribution in [-0.2, 0) is 9.53 Å². The molecule has 104 valence electrons. The minimum atomic E-state index is -0.387. The molecule has 0 aliphatic rings. The summed E-state index contributed by atoms with van der Waals surface area (Å²) < 4.78 is 11.5. The number of hydrogen-bond donors (Lipinski definition) is 0. The van der Waals surface area contributed by atoms with Crippen LogP contribution in [0.15, 0.2) is 36.5 Å². The van der Waals surface area contributed by atoms with Gasteiger partial charge in [0.15, 0.2) is 0 Å². The second-order valence-electron chi connectivity index (χ2n) is 4.15. The van der Waals surface area contributed by atoms with Crippen molar-refractivity contribution in [3.8, 4) is 11.4 Å². The van der Waals surface area contributed by atoms with Gasteiger partial charge in [0.05, 0.1) is 26.1 Å². The van der Waals surface area contributed by atoms with Crippen molar-refractivity contribution in [1.29, 1.82) is 0 Å². The molecule has 0 aliphatic carbocycles. The third-order valence-electron chi connectivity index (χ3n) is 2.96. The van der Waals surface area contributed by atoms with Crippen LogP contribution in [0.3, 0.4) is 0 Å². The smallest absolute Gasteiger partial charge is 0.330 e. The van der Waals surface area contributed by atoms with Crippen molar-refractivity contribution in [2.45, 2.75) is 6.92 Å². The molecule has 2 rings (SSSR count). The molecule has 20 heavy (non-hydrogen) atoms. The fraction of sp³-hybridized carbons (Fsp3) is 0.200. The Hall–Kier alpha value is -2.56. The lowest BCUT2D eigenvalue weighted by atomic mass is 10.2. The number of aromatic nitrogens is 2. The number of nitrogens with zero attached hydrogens (tertiary/aromatic N) is 2. The second kappa shape index (κ2) is 6.06. The topological polar surface area (TPSA) is 53.3 Å². The molecule has 1 heterocycles. The number of methoxy groups -OCH3 is 2. The van der Waals surface area contributed by atoms with Crippen molar-refractivity contribution >= 4 is 12.0 Å². The van der Waals surface area contributed by atoms with Crippen molar-refractivity contribution in [3.05, 3.63) is 47.8 Å². The normalized spacial score (nSPS) is 10.8. The second-order valence-corrected chi connectivity index (χ2v) is 4.15. The van der Waals surface area contributed by atoms with Gasteiger partial charge < -0.3 is 9.47 Å². The highest BCUT2D eigenvalue weighted by Crippen LogP contribution is 2.18. The Morgan fingerprint density at radius 2 is 1.95 bits per heavy atom. The number of hydrogen-bond acceptors (Lipinski definition) is 4. The lowest BCUT2D eigenvalue weighted by Gasteiger charge is -2.06. The maximum absolute atomic E-state index is 11.1. The molecule has 0 N–H and O–H groups in total. The zero-order chi connectivity index (χ0) is 14.5. The number of carbonyl (C=O) groups is 1. The lowest BCUT2D eigenvalue weighted by molar-refractivity contribution is -0.134. The highest BCUT2D eigenvalue weighted by atomic mass is 16.5. The summed E-state index contributed by atoms with van der Waals surface area (Å²) in [5.74, 6) is 0.408. The lowest BCUT2D eigenvalue weighted by Crippen LogP contribution is -1.99. The van der Waals surface area contributed by atoms with Crippen molar-refractivity contribution in [2.75, 3.05) is 14.2 Å². The van der Waals surface area contributed by atoms with E-state index >= 15 is 0 Å². The average molecular weight is 272 g/mol. The number of benzene rings is 1. The van der Waals surface area contributed by atoms with E-state index in [9.17, 15) is 4.79 Å². The van der Waals surface area contributed by atoms with E-state index in [4.69, 9.17) is 4.74 Å². The van der Waals surface area contributed by atoms with E-state index in [1.165, 1.54) is 13.2 Å². The molecule has 0 fully saturated rings. The van der Waals surface area contributed by atoms with E-state index in [0.717, 1.165) is 22.7 Å². The van der Waals surface area contributed by atoms with Crippen LogP contribution in [0.4, 0.5) is 0 Å². The monoisotopic (exact) mass is 272 g/mol.